The third-order valence-electron chi connectivity index (χ3n) is 7.19. The number of carbonyl (C=O) groups is 2. The Balaban J connectivity index is 1.05. The zero-order valence-electron chi connectivity index (χ0n) is 18.8. The Kier molecular flexibility index (Phi) is 5.17. The average molecular weight is 447 g/mol. The second kappa shape index (κ2) is 8.33. The van der Waals surface area contributed by atoms with Crippen LogP contribution in [0, 0.1) is 0 Å². The molecule has 33 heavy (non-hydrogen) atoms. The van der Waals surface area contributed by atoms with E-state index in [1.165, 1.54) is 0 Å². The molecule has 1 saturated carbocycles. The summed E-state index contributed by atoms with van der Waals surface area (Å²) in [6.45, 7) is 5.54. The minimum absolute atomic E-state index is 0.0315. The third kappa shape index (κ3) is 4.15. The monoisotopic (exact) mass is 446 g/mol. The van der Waals surface area contributed by atoms with Gasteiger partial charge in [0.1, 0.15) is 6.04 Å². The van der Waals surface area contributed by atoms with Gasteiger partial charge in [0.25, 0.3) is 5.91 Å². The number of hydrogen-bond acceptors (Lipinski definition) is 6. The molecule has 0 bridgehead atoms. The topological polar surface area (TPSA) is 80.8 Å². The van der Waals surface area contributed by atoms with Crippen LogP contribution in [0.25, 0.3) is 0 Å². The van der Waals surface area contributed by atoms with Gasteiger partial charge in [0.2, 0.25) is 5.91 Å². The van der Waals surface area contributed by atoms with Gasteiger partial charge in [-0.15, -0.1) is 0 Å². The summed E-state index contributed by atoms with van der Waals surface area (Å²) in [6.07, 6.45) is 6.12. The van der Waals surface area contributed by atoms with Gasteiger partial charge in [-0.1, -0.05) is 0 Å². The molecule has 2 N–H and O–H groups in total. The van der Waals surface area contributed by atoms with E-state index in [2.05, 4.69) is 43.5 Å². The number of nitrogens with zero attached hydrogens (tertiary/aromatic N) is 4. The lowest BCUT2D eigenvalue weighted by Gasteiger charge is -2.36. The van der Waals surface area contributed by atoms with Crippen molar-refractivity contribution < 1.29 is 9.59 Å². The smallest absolute Gasteiger partial charge is 0.251 e. The first-order valence-electron chi connectivity index (χ1n) is 12.1. The molecule has 4 aliphatic rings. The fourth-order valence-electron chi connectivity index (χ4n) is 5.16. The summed E-state index contributed by atoms with van der Waals surface area (Å²) < 4.78 is 0. The van der Waals surface area contributed by atoms with E-state index in [0.29, 0.717) is 6.04 Å². The average Bonchev–Trinajstić information content (AvgIpc) is 3.50. The Labute approximate surface area is 193 Å². The molecule has 1 aromatic carbocycles. The maximum Gasteiger partial charge on any atom is 0.251 e. The van der Waals surface area contributed by atoms with Gasteiger partial charge >= 0.3 is 0 Å². The summed E-state index contributed by atoms with van der Waals surface area (Å²) in [7, 11) is 0. The first kappa shape index (κ1) is 20.5. The molecule has 4 heterocycles. The molecule has 3 fully saturated rings. The fraction of sp³-hybridized carbons (Fsp3) is 0.480. The maximum absolute atomic E-state index is 12.4. The van der Waals surface area contributed by atoms with E-state index >= 15 is 0 Å². The van der Waals surface area contributed by atoms with Gasteiger partial charge in [0, 0.05) is 62.8 Å². The fourth-order valence-corrected chi connectivity index (χ4v) is 5.16. The van der Waals surface area contributed by atoms with Crippen LogP contribution >= 0.6 is 0 Å². The number of pyridine rings is 1. The van der Waals surface area contributed by atoms with Crippen molar-refractivity contribution in [1.29, 1.82) is 0 Å². The van der Waals surface area contributed by atoms with Crippen LogP contribution in [-0.2, 0) is 11.3 Å². The molecule has 8 nitrogen and oxygen atoms in total. The number of benzene rings is 1. The number of fused-ring (bicyclic) bond motifs is 3. The molecular formula is C25H30N6O2. The molecule has 172 valence electrons. The van der Waals surface area contributed by atoms with Crippen molar-refractivity contribution in [1.82, 2.24) is 15.2 Å². The van der Waals surface area contributed by atoms with Crippen molar-refractivity contribution in [3.8, 4) is 0 Å². The largest absolute Gasteiger partial charge is 0.369 e. The summed E-state index contributed by atoms with van der Waals surface area (Å²) in [5, 5.41) is 6.11. The Morgan fingerprint density at radius 1 is 1.06 bits per heavy atom. The number of rotatable bonds is 5. The first-order chi connectivity index (χ1) is 16.1. The van der Waals surface area contributed by atoms with Gasteiger partial charge < -0.3 is 20.4 Å². The molecule has 1 aliphatic carbocycles. The summed E-state index contributed by atoms with van der Waals surface area (Å²) >= 11 is 0. The second-order valence-corrected chi connectivity index (χ2v) is 9.61. The predicted octanol–water partition coefficient (Wildman–Crippen LogP) is 2.22. The van der Waals surface area contributed by atoms with Crippen LogP contribution in [0.3, 0.4) is 0 Å². The summed E-state index contributed by atoms with van der Waals surface area (Å²) in [5.74, 6) is 1.05. The molecule has 0 radical (unpaired) electrons. The second-order valence-electron chi connectivity index (χ2n) is 9.61. The molecule has 2 aromatic rings. The highest BCUT2D eigenvalue weighted by Gasteiger charge is 2.37. The number of piperazine rings is 1. The summed E-state index contributed by atoms with van der Waals surface area (Å²) in [4.78, 5) is 36.3. The van der Waals surface area contributed by atoms with Crippen molar-refractivity contribution in [2.24, 2.45) is 0 Å². The molecule has 8 heteroatoms. The van der Waals surface area contributed by atoms with Crippen molar-refractivity contribution in [3.05, 3.63) is 47.7 Å². The molecule has 1 aromatic heterocycles. The van der Waals surface area contributed by atoms with Crippen LogP contribution in [0.4, 0.5) is 17.2 Å². The Morgan fingerprint density at radius 2 is 1.85 bits per heavy atom. The van der Waals surface area contributed by atoms with Gasteiger partial charge in [0.05, 0.1) is 5.69 Å². The van der Waals surface area contributed by atoms with E-state index in [0.717, 1.165) is 93.3 Å². The minimum Gasteiger partial charge on any atom is -0.369 e. The highest BCUT2D eigenvalue weighted by Crippen LogP contribution is 2.35. The molecule has 3 aliphatic heterocycles. The minimum atomic E-state index is -0.0504. The zero-order chi connectivity index (χ0) is 22.4. The SMILES string of the molecule is O=C(NC1CC1)c1ccc(N2CCN(Cc3cnc4c(c3)NC(=O)C3CCCN43)CC2)cc1. The van der Waals surface area contributed by atoms with Gasteiger partial charge in [-0.25, -0.2) is 4.98 Å². The van der Waals surface area contributed by atoms with E-state index in [4.69, 9.17) is 4.98 Å². The zero-order valence-corrected chi connectivity index (χ0v) is 18.8. The number of hydrogen-bond donors (Lipinski definition) is 2. The van der Waals surface area contributed by atoms with Crippen LogP contribution < -0.4 is 20.4 Å². The van der Waals surface area contributed by atoms with E-state index in [1.54, 1.807) is 0 Å². The van der Waals surface area contributed by atoms with Crippen LogP contribution in [0.1, 0.15) is 41.6 Å². The van der Waals surface area contributed by atoms with E-state index in [-0.39, 0.29) is 17.9 Å². The molecule has 0 spiro atoms. The van der Waals surface area contributed by atoms with Crippen LogP contribution in [-0.4, -0.2) is 66.5 Å². The quantitative estimate of drug-likeness (QED) is 0.733. The van der Waals surface area contributed by atoms with Gasteiger partial charge in [-0.2, -0.15) is 0 Å². The number of carbonyl (C=O) groups excluding carboxylic acids is 2. The molecule has 1 unspecified atom stereocenters. The van der Waals surface area contributed by atoms with Crippen LogP contribution in [0.2, 0.25) is 0 Å². The molecule has 6 rings (SSSR count). The number of nitrogens with one attached hydrogen (secondary N) is 2. The van der Waals surface area contributed by atoms with Crippen LogP contribution in [0.5, 0.6) is 0 Å². The lowest BCUT2D eigenvalue weighted by Crippen LogP contribution is -2.46. The summed E-state index contributed by atoms with van der Waals surface area (Å²) in [6, 6.07) is 10.4. The van der Waals surface area contributed by atoms with Crippen molar-refractivity contribution >= 4 is 29.0 Å². The van der Waals surface area contributed by atoms with E-state index in [1.807, 2.05) is 18.3 Å². The van der Waals surface area contributed by atoms with Crippen molar-refractivity contribution in [2.45, 2.75) is 44.3 Å². The lowest BCUT2D eigenvalue weighted by atomic mass is 10.1. The molecule has 2 saturated heterocycles. The maximum atomic E-state index is 12.4. The van der Waals surface area contributed by atoms with Crippen LogP contribution in [0.15, 0.2) is 36.5 Å². The molecule has 2 amide bonds. The van der Waals surface area contributed by atoms with Gasteiger partial charge in [-0.05, 0) is 61.6 Å². The van der Waals surface area contributed by atoms with Crippen molar-refractivity contribution in [2.75, 3.05) is 47.8 Å². The predicted molar refractivity (Wildman–Crippen MR) is 128 cm³/mol. The van der Waals surface area contributed by atoms with Crippen molar-refractivity contribution in [3.63, 3.8) is 0 Å². The normalized spacial score (nSPS) is 22.5. The van der Waals surface area contributed by atoms with E-state index < -0.39 is 0 Å². The Bertz CT molecular complexity index is 1060. The summed E-state index contributed by atoms with van der Waals surface area (Å²) in [5.41, 5.74) is 3.87. The lowest BCUT2D eigenvalue weighted by molar-refractivity contribution is -0.117. The number of anilines is 3. The molecular weight excluding hydrogens is 416 g/mol. The van der Waals surface area contributed by atoms with E-state index in [9.17, 15) is 9.59 Å². The first-order valence-corrected chi connectivity index (χ1v) is 12.1. The number of aromatic nitrogens is 1. The highest BCUT2D eigenvalue weighted by atomic mass is 16.2. The Morgan fingerprint density at radius 3 is 2.61 bits per heavy atom. The standard InChI is InChI=1S/C25H30N6O2/c32-24(27-19-5-6-19)18-3-7-20(8-4-18)30-12-10-29(11-13-30)16-17-14-21-23(26-15-17)31-9-1-2-22(31)25(33)28-21/h3-4,7-8,14-15,19,22H,1-2,5-6,9-13,16H2,(H,27,32)(H,28,33). The molecule has 1 atom stereocenters. The number of amides is 2. The highest BCUT2D eigenvalue weighted by molar-refractivity contribution is 6.03. The third-order valence-corrected chi connectivity index (χ3v) is 7.19. The van der Waals surface area contributed by atoms with Gasteiger partial charge in [-0.3, -0.25) is 14.5 Å². The van der Waals surface area contributed by atoms with Gasteiger partial charge in [0.15, 0.2) is 5.82 Å². The Hall–Kier alpha value is -3.13.